The van der Waals surface area contributed by atoms with E-state index in [2.05, 4.69) is 15.5 Å². The Balaban J connectivity index is 1.47. The number of rotatable bonds is 5. The van der Waals surface area contributed by atoms with Gasteiger partial charge in [0.05, 0.1) is 13.0 Å². The lowest BCUT2D eigenvalue weighted by atomic mass is 10.1. The van der Waals surface area contributed by atoms with Crippen molar-refractivity contribution in [2.24, 2.45) is 5.92 Å². The van der Waals surface area contributed by atoms with Gasteiger partial charge in [-0.2, -0.15) is 4.98 Å². The van der Waals surface area contributed by atoms with Crippen molar-refractivity contribution in [1.29, 1.82) is 0 Å². The number of amides is 2. The van der Waals surface area contributed by atoms with Gasteiger partial charge < -0.3 is 19.5 Å². The highest BCUT2D eigenvalue weighted by Crippen LogP contribution is 2.29. The zero-order valence-corrected chi connectivity index (χ0v) is 16.1. The number of nitrogens with zero attached hydrogens (tertiary/aromatic N) is 3. The molecule has 1 atom stereocenters. The molecule has 1 N–H and O–H groups in total. The van der Waals surface area contributed by atoms with Gasteiger partial charge >= 0.3 is 0 Å². The lowest BCUT2D eigenvalue weighted by molar-refractivity contribution is -0.122. The molecule has 0 radical (unpaired) electrons. The fraction of sp³-hybridized carbons (Fsp3) is 0.238. The molecule has 8 nitrogen and oxygen atoms in total. The van der Waals surface area contributed by atoms with Crippen molar-refractivity contribution in [2.45, 2.75) is 13.3 Å². The maximum atomic E-state index is 12.6. The normalized spacial score (nSPS) is 16.1. The first-order valence-corrected chi connectivity index (χ1v) is 9.19. The van der Waals surface area contributed by atoms with E-state index in [1.165, 1.54) is 0 Å². The number of hydrogen-bond acceptors (Lipinski definition) is 6. The number of carbonyl (C=O) groups is 2. The fourth-order valence-electron chi connectivity index (χ4n) is 3.28. The van der Waals surface area contributed by atoms with E-state index in [9.17, 15) is 9.59 Å². The van der Waals surface area contributed by atoms with Crippen LogP contribution >= 0.6 is 0 Å². The molecule has 2 amide bonds. The van der Waals surface area contributed by atoms with Crippen LogP contribution < -0.4 is 15.0 Å². The van der Waals surface area contributed by atoms with Gasteiger partial charge in [0.25, 0.3) is 0 Å². The molecular weight excluding hydrogens is 372 g/mol. The number of carbonyl (C=O) groups excluding carboxylic acids is 2. The summed E-state index contributed by atoms with van der Waals surface area (Å²) in [6.07, 6.45) is 0.160. The van der Waals surface area contributed by atoms with Gasteiger partial charge in [0, 0.05) is 36.8 Å². The van der Waals surface area contributed by atoms with Crippen molar-refractivity contribution in [3.63, 3.8) is 0 Å². The summed E-state index contributed by atoms with van der Waals surface area (Å²) in [6.45, 7) is 2.03. The van der Waals surface area contributed by atoms with Crippen molar-refractivity contribution in [1.82, 2.24) is 10.1 Å². The summed E-state index contributed by atoms with van der Waals surface area (Å²) in [6, 6.07) is 14.4. The number of nitrogens with one attached hydrogen (secondary N) is 1. The Morgan fingerprint density at radius 2 is 2.03 bits per heavy atom. The van der Waals surface area contributed by atoms with Gasteiger partial charge in [-0.15, -0.1) is 0 Å². The summed E-state index contributed by atoms with van der Waals surface area (Å²) in [4.78, 5) is 31.0. The molecule has 4 rings (SSSR count). The van der Waals surface area contributed by atoms with Gasteiger partial charge in [0.15, 0.2) is 0 Å². The molecule has 148 valence electrons. The van der Waals surface area contributed by atoms with Crippen molar-refractivity contribution in [3.8, 4) is 17.1 Å². The molecule has 1 aliphatic heterocycles. The van der Waals surface area contributed by atoms with Crippen LogP contribution in [-0.4, -0.2) is 35.6 Å². The lowest BCUT2D eigenvalue weighted by Crippen LogP contribution is -2.28. The molecule has 1 saturated heterocycles. The molecule has 0 bridgehead atoms. The van der Waals surface area contributed by atoms with Gasteiger partial charge in [-0.3, -0.25) is 9.59 Å². The second-order valence-electron chi connectivity index (χ2n) is 6.81. The number of aromatic nitrogens is 2. The number of anilines is 2. The summed E-state index contributed by atoms with van der Waals surface area (Å²) in [5.74, 6) is 0.933. The average Bonchev–Trinajstić information content (AvgIpc) is 3.34. The quantitative estimate of drug-likeness (QED) is 0.717. The number of benzene rings is 2. The summed E-state index contributed by atoms with van der Waals surface area (Å²) in [7, 11) is 1.58. The van der Waals surface area contributed by atoms with Crippen molar-refractivity contribution in [2.75, 3.05) is 23.9 Å². The van der Waals surface area contributed by atoms with E-state index in [4.69, 9.17) is 9.26 Å². The predicted molar refractivity (Wildman–Crippen MR) is 107 cm³/mol. The van der Waals surface area contributed by atoms with E-state index in [1.807, 2.05) is 24.3 Å². The molecule has 0 aliphatic carbocycles. The fourth-order valence-corrected chi connectivity index (χ4v) is 3.28. The Bertz CT molecular complexity index is 1040. The molecule has 1 aromatic heterocycles. The number of methoxy groups -OCH3 is 1. The maximum Gasteiger partial charge on any atom is 0.229 e. The zero-order valence-electron chi connectivity index (χ0n) is 16.1. The Morgan fingerprint density at radius 1 is 1.24 bits per heavy atom. The summed E-state index contributed by atoms with van der Waals surface area (Å²) in [5.41, 5.74) is 2.11. The first-order chi connectivity index (χ1) is 14.0. The van der Waals surface area contributed by atoms with Crippen molar-refractivity contribution >= 4 is 23.2 Å². The monoisotopic (exact) mass is 392 g/mol. The van der Waals surface area contributed by atoms with E-state index in [0.29, 0.717) is 35.4 Å². The maximum absolute atomic E-state index is 12.6. The number of aryl methyl sites for hydroxylation is 1. The van der Waals surface area contributed by atoms with E-state index >= 15 is 0 Å². The second kappa shape index (κ2) is 7.75. The average molecular weight is 392 g/mol. The third-order valence-corrected chi connectivity index (χ3v) is 4.80. The minimum atomic E-state index is -0.430. The van der Waals surface area contributed by atoms with Crippen LogP contribution in [0.1, 0.15) is 12.3 Å². The van der Waals surface area contributed by atoms with E-state index in [0.717, 1.165) is 5.56 Å². The van der Waals surface area contributed by atoms with Crippen LogP contribution in [0.5, 0.6) is 5.75 Å². The highest BCUT2D eigenvalue weighted by molar-refractivity contribution is 6.03. The summed E-state index contributed by atoms with van der Waals surface area (Å²) >= 11 is 0. The topological polar surface area (TPSA) is 97.6 Å². The minimum absolute atomic E-state index is 0.0960. The zero-order chi connectivity index (χ0) is 20.4. The molecule has 3 aromatic rings. The molecule has 0 unspecified atom stereocenters. The highest BCUT2D eigenvalue weighted by Gasteiger charge is 2.35. The molecule has 0 spiro atoms. The number of hydrogen-bond donors (Lipinski definition) is 1. The van der Waals surface area contributed by atoms with Crippen LogP contribution in [0.25, 0.3) is 11.4 Å². The molecule has 1 fully saturated rings. The van der Waals surface area contributed by atoms with Crippen LogP contribution in [0.2, 0.25) is 0 Å². The van der Waals surface area contributed by atoms with Crippen molar-refractivity contribution in [3.05, 3.63) is 54.4 Å². The second-order valence-corrected chi connectivity index (χ2v) is 6.81. The van der Waals surface area contributed by atoms with Gasteiger partial charge in [-0.25, -0.2) is 0 Å². The lowest BCUT2D eigenvalue weighted by Gasteiger charge is -2.17. The van der Waals surface area contributed by atoms with E-state index in [1.54, 1.807) is 43.2 Å². The van der Waals surface area contributed by atoms with Crippen molar-refractivity contribution < 1.29 is 18.8 Å². The standard InChI is InChI=1S/C21H20N4O4/c1-13-22-20(24-29-13)14-4-3-5-17(10-14)25-12-15(11-19(25)26)21(27)23-16-6-8-18(28-2)9-7-16/h3-10,15H,11-12H2,1-2H3,(H,23,27)/t15-/m1/s1. The highest BCUT2D eigenvalue weighted by atomic mass is 16.5. The van der Waals surface area contributed by atoms with Gasteiger partial charge in [0.1, 0.15) is 5.75 Å². The first-order valence-electron chi connectivity index (χ1n) is 9.19. The molecule has 29 heavy (non-hydrogen) atoms. The largest absolute Gasteiger partial charge is 0.497 e. The minimum Gasteiger partial charge on any atom is -0.497 e. The predicted octanol–water partition coefficient (Wildman–Crippen LogP) is 3.05. The van der Waals surface area contributed by atoms with Crippen LogP contribution in [0, 0.1) is 12.8 Å². The Kier molecular flexibility index (Phi) is 4.99. The van der Waals surface area contributed by atoms with Crippen LogP contribution in [0.15, 0.2) is 53.1 Å². The van der Waals surface area contributed by atoms with Gasteiger partial charge in [-0.05, 0) is 36.4 Å². The Morgan fingerprint density at radius 3 is 2.72 bits per heavy atom. The SMILES string of the molecule is COc1ccc(NC(=O)[C@@H]2CC(=O)N(c3cccc(-c4noc(C)n4)c3)C2)cc1. The van der Waals surface area contributed by atoms with Crippen LogP contribution in [-0.2, 0) is 9.59 Å². The number of ether oxygens (including phenoxy) is 1. The summed E-state index contributed by atoms with van der Waals surface area (Å²) < 4.78 is 10.1. The smallest absolute Gasteiger partial charge is 0.229 e. The van der Waals surface area contributed by atoms with E-state index in [-0.39, 0.29) is 18.2 Å². The third kappa shape index (κ3) is 3.96. The molecule has 0 saturated carbocycles. The molecule has 2 aromatic carbocycles. The van der Waals surface area contributed by atoms with Crippen LogP contribution in [0.4, 0.5) is 11.4 Å². The van der Waals surface area contributed by atoms with Gasteiger partial charge in [-0.1, -0.05) is 17.3 Å². The summed E-state index contributed by atoms with van der Waals surface area (Å²) in [5, 5.41) is 6.77. The first kappa shape index (κ1) is 18.7. The third-order valence-electron chi connectivity index (χ3n) is 4.80. The van der Waals surface area contributed by atoms with E-state index < -0.39 is 5.92 Å². The Labute approximate surface area is 167 Å². The molecule has 2 heterocycles. The molecule has 1 aliphatic rings. The van der Waals surface area contributed by atoms with Crippen LogP contribution in [0.3, 0.4) is 0 Å². The van der Waals surface area contributed by atoms with Gasteiger partial charge in [0.2, 0.25) is 23.5 Å². The molecular formula is C21H20N4O4. The molecule has 8 heteroatoms. The Hall–Kier alpha value is -3.68.